The molecule has 0 radical (unpaired) electrons. The highest BCUT2D eigenvalue weighted by Crippen LogP contribution is 2.06. The van der Waals surface area contributed by atoms with Crippen molar-refractivity contribution in [1.82, 2.24) is 0 Å². The van der Waals surface area contributed by atoms with Crippen LogP contribution in [0.4, 0.5) is 0 Å². The van der Waals surface area contributed by atoms with E-state index in [9.17, 15) is 0 Å². The third kappa shape index (κ3) is 4.11. The highest BCUT2D eigenvalue weighted by molar-refractivity contribution is 5.13. The fourth-order valence-electron chi connectivity index (χ4n) is 1.18. The summed E-state index contributed by atoms with van der Waals surface area (Å²) in [6, 6.07) is 10.2. The summed E-state index contributed by atoms with van der Waals surface area (Å²) in [7, 11) is 0. The van der Waals surface area contributed by atoms with Gasteiger partial charge in [-0.15, -0.1) is 12.3 Å². The Hall–Kier alpha value is -1.26. The molecule has 0 bridgehead atoms. The predicted molar refractivity (Wildman–Crippen MR) is 58.8 cm³/mol. The van der Waals surface area contributed by atoms with Crippen LogP contribution in [0.25, 0.3) is 0 Å². The number of ether oxygens (including phenoxy) is 1. The van der Waals surface area contributed by atoms with E-state index in [2.05, 4.69) is 25.0 Å². The summed E-state index contributed by atoms with van der Waals surface area (Å²) in [4.78, 5) is 0. The molecule has 1 rings (SSSR count). The van der Waals surface area contributed by atoms with Crippen molar-refractivity contribution in [1.29, 1.82) is 0 Å². The van der Waals surface area contributed by atoms with Gasteiger partial charge in [-0.25, -0.2) is 0 Å². The lowest BCUT2D eigenvalue weighted by molar-refractivity contribution is 0.0486. The van der Waals surface area contributed by atoms with Gasteiger partial charge in [-0.1, -0.05) is 30.3 Å². The van der Waals surface area contributed by atoms with Crippen molar-refractivity contribution in [3.05, 3.63) is 35.9 Å². The lowest BCUT2D eigenvalue weighted by atomic mass is 10.2. The van der Waals surface area contributed by atoms with Gasteiger partial charge in [-0.2, -0.15) is 0 Å². The average Bonchev–Trinajstić information content (AvgIpc) is 2.25. The summed E-state index contributed by atoms with van der Waals surface area (Å²) in [5.41, 5.74) is 1.21. The second kappa shape index (κ2) is 6.23. The summed E-state index contributed by atoms with van der Waals surface area (Å²) in [5.74, 6) is 2.62. The highest BCUT2D eigenvalue weighted by atomic mass is 16.5. The van der Waals surface area contributed by atoms with Crippen LogP contribution in [-0.2, 0) is 11.3 Å². The third-order valence-corrected chi connectivity index (χ3v) is 2.07. The van der Waals surface area contributed by atoms with Crippen molar-refractivity contribution in [3.63, 3.8) is 0 Å². The minimum atomic E-state index is 0.242. The van der Waals surface area contributed by atoms with Crippen LogP contribution in [0.3, 0.4) is 0 Å². The van der Waals surface area contributed by atoms with Crippen molar-refractivity contribution >= 4 is 0 Å². The molecule has 0 aliphatic carbocycles. The zero-order valence-electron chi connectivity index (χ0n) is 8.57. The molecule has 0 heterocycles. The lowest BCUT2D eigenvalue weighted by Gasteiger charge is -2.11. The van der Waals surface area contributed by atoms with E-state index in [1.165, 1.54) is 5.56 Å². The van der Waals surface area contributed by atoms with E-state index in [1.54, 1.807) is 0 Å². The maximum absolute atomic E-state index is 5.63. The van der Waals surface area contributed by atoms with Crippen molar-refractivity contribution in [3.8, 4) is 12.3 Å². The van der Waals surface area contributed by atoms with Gasteiger partial charge in [0.15, 0.2) is 0 Å². The van der Waals surface area contributed by atoms with Crippen LogP contribution in [-0.4, -0.2) is 6.10 Å². The fourth-order valence-corrected chi connectivity index (χ4v) is 1.18. The Labute approximate surface area is 86.1 Å². The first kappa shape index (κ1) is 10.8. The zero-order valence-corrected chi connectivity index (χ0v) is 8.57. The maximum Gasteiger partial charge on any atom is 0.0720 e. The van der Waals surface area contributed by atoms with Crippen LogP contribution in [0.15, 0.2) is 30.3 Å². The Bertz CT molecular complexity index is 284. The van der Waals surface area contributed by atoms with E-state index in [0.717, 1.165) is 12.8 Å². The normalized spacial score (nSPS) is 12.0. The molecule has 0 spiro atoms. The quantitative estimate of drug-likeness (QED) is 0.645. The van der Waals surface area contributed by atoms with Crippen molar-refractivity contribution in [2.75, 3.05) is 0 Å². The Balaban J connectivity index is 2.24. The summed E-state index contributed by atoms with van der Waals surface area (Å²) >= 11 is 0. The molecular weight excluding hydrogens is 172 g/mol. The molecule has 0 aliphatic heterocycles. The molecule has 0 saturated heterocycles. The molecular formula is C13H16O. The molecule has 0 amide bonds. The number of hydrogen-bond donors (Lipinski definition) is 0. The fraction of sp³-hybridized carbons (Fsp3) is 0.385. The molecule has 1 aromatic rings. The minimum absolute atomic E-state index is 0.242. The van der Waals surface area contributed by atoms with Gasteiger partial charge >= 0.3 is 0 Å². The van der Waals surface area contributed by atoms with Crippen LogP contribution in [0, 0.1) is 12.3 Å². The molecule has 0 aromatic heterocycles. The van der Waals surface area contributed by atoms with E-state index >= 15 is 0 Å². The van der Waals surface area contributed by atoms with Gasteiger partial charge in [0.05, 0.1) is 12.7 Å². The first-order chi connectivity index (χ1) is 6.83. The van der Waals surface area contributed by atoms with Crippen molar-refractivity contribution < 1.29 is 4.74 Å². The van der Waals surface area contributed by atoms with E-state index < -0.39 is 0 Å². The smallest absolute Gasteiger partial charge is 0.0720 e. The van der Waals surface area contributed by atoms with Crippen LogP contribution in [0.1, 0.15) is 25.3 Å². The topological polar surface area (TPSA) is 9.23 Å². The van der Waals surface area contributed by atoms with Crippen molar-refractivity contribution in [2.45, 2.75) is 32.5 Å². The standard InChI is InChI=1S/C13H16O/c1-3-4-8-12(2)14-11-13-9-6-5-7-10-13/h1,5-7,9-10,12H,4,8,11H2,2H3/t12-/m0/s1. The van der Waals surface area contributed by atoms with Crippen LogP contribution >= 0.6 is 0 Å². The second-order valence-corrected chi connectivity index (χ2v) is 3.35. The molecule has 1 atom stereocenters. The van der Waals surface area contributed by atoms with E-state index in [4.69, 9.17) is 11.2 Å². The van der Waals surface area contributed by atoms with Gasteiger partial charge in [-0.3, -0.25) is 0 Å². The van der Waals surface area contributed by atoms with Gasteiger partial charge in [0.25, 0.3) is 0 Å². The first-order valence-corrected chi connectivity index (χ1v) is 4.92. The minimum Gasteiger partial charge on any atom is -0.374 e. The molecule has 1 heteroatoms. The summed E-state index contributed by atoms with van der Waals surface area (Å²) in [5, 5.41) is 0. The summed E-state index contributed by atoms with van der Waals surface area (Å²) < 4.78 is 5.63. The molecule has 0 fully saturated rings. The molecule has 0 unspecified atom stereocenters. The number of terminal acetylenes is 1. The first-order valence-electron chi connectivity index (χ1n) is 4.92. The Morgan fingerprint density at radius 1 is 1.36 bits per heavy atom. The SMILES string of the molecule is C#CCC[C@H](C)OCc1ccccc1. The van der Waals surface area contributed by atoms with Crippen LogP contribution in [0.5, 0.6) is 0 Å². The zero-order chi connectivity index (χ0) is 10.2. The molecule has 74 valence electrons. The third-order valence-electron chi connectivity index (χ3n) is 2.07. The molecule has 0 N–H and O–H groups in total. The van der Waals surface area contributed by atoms with Gasteiger partial charge in [0, 0.05) is 6.42 Å². The Morgan fingerprint density at radius 2 is 2.07 bits per heavy atom. The lowest BCUT2D eigenvalue weighted by Crippen LogP contribution is -2.07. The van der Waals surface area contributed by atoms with E-state index in [0.29, 0.717) is 6.61 Å². The summed E-state index contributed by atoms with van der Waals surface area (Å²) in [6.07, 6.45) is 7.14. The Morgan fingerprint density at radius 3 is 2.71 bits per heavy atom. The second-order valence-electron chi connectivity index (χ2n) is 3.35. The molecule has 1 nitrogen and oxygen atoms in total. The highest BCUT2D eigenvalue weighted by Gasteiger charge is 2.00. The van der Waals surface area contributed by atoms with Crippen LogP contribution < -0.4 is 0 Å². The predicted octanol–water partition coefficient (Wildman–Crippen LogP) is 3.01. The largest absolute Gasteiger partial charge is 0.374 e. The van der Waals surface area contributed by atoms with E-state index in [-0.39, 0.29) is 6.10 Å². The maximum atomic E-state index is 5.63. The summed E-state index contributed by atoms with van der Waals surface area (Å²) in [6.45, 7) is 2.73. The van der Waals surface area contributed by atoms with Gasteiger partial charge < -0.3 is 4.74 Å². The van der Waals surface area contributed by atoms with Gasteiger partial charge in [0.1, 0.15) is 0 Å². The monoisotopic (exact) mass is 188 g/mol. The number of benzene rings is 1. The van der Waals surface area contributed by atoms with Crippen LogP contribution in [0.2, 0.25) is 0 Å². The molecule has 0 aliphatic rings. The van der Waals surface area contributed by atoms with E-state index in [1.807, 2.05) is 18.2 Å². The van der Waals surface area contributed by atoms with Gasteiger partial charge in [-0.05, 0) is 18.9 Å². The average molecular weight is 188 g/mol. The molecule has 1 aromatic carbocycles. The van der Waals surface area contributed by atoms with Crippen molar-refractivity contribution in [2.24, 2.45) is 0 Å². The molecule has 0 saturated carbocycles. The number of hydrogen-bond acceptors (Lipinski definition) is 1. The number of rotatable bonds is 5. The van der Waals surface area contributed by atoms with Gasteiger partial charge in [0.2, 0.25) is 0 Å². The Kier molecular flexibility index (Phi) is 4.82. The molecule has 14 heavy (non-hydrogen) atoms.